The molecule has 0 N–H and O–H groups in total. The second-order valence-corrected chi connectivity index (χ2v) is 10.2. The Labute approximate surface area is 226 Å². The topological polar surface area (TPSA) is 96.2 Å². The van der Waals surface area contributed by atoms with Crippen LogP contribution in [0.25, 0.3) is 11.0 Å². The van der Waals surface area contributed by atoms with E-state index in [2.05, 4.69) is 34.1 Å². The van der Waals surface area contributed by atoms with Crippen molar-refractivity contribution in [3.63, 3.8) is 0 Å². The van der Waals surface area contributed by atoms with E-state index in [1.54, 1.807) is 14.0 Å². The predicted molar refractivity (Wildman–Crippen MR) is 149 cm³/mol. The maximum atomic E-state index is 12.4. The number of thioether (sulfide) groups is 1. The summed E-state index contributed by atoms with van der Waals surface area (Å²) in [7, 11) is 1.70. The van der Waals surface area contributed by atoms with E-state index in [1.165, 1.54) is 80.6 Å². The molecule has 0 saturated heterocycles. The summed E-state index contributed by atoms with van der Waals surface area (Å²) >= 11 is 1.22. The van der Waals surface area contributed by atoms with Crippen LogP contribution in [0.3, 0.4) is 0 Å². The van der Waals surface area contributed by atoms with E-state index >= 15 is 0 Å². The lowest BCUT2D eigenvalue weighted by molar-refractivity contribution is -0.140. The molecule has 0 amide bonds. The number of aromatic nitrogens is 4. The van der Waals surface area contributed by atoms with Crippen molar-refractivity contribution in [3.05, 3.63) is 18.5 Å². The summed E-state index contributed by atoms with van der Waals surface area (Å²) in [5, 5.41) is 4.95. The van der Waals surface area contributed by atoms with Crippen LogP contribution in [0.1, 0.15) is 104 Å². The van der Waals surface area contributed by atoms with Gasteiger partial charge in [-0.15, -0.1) is 0 Å². The first kappa shape index (κ1) is 30.8. The van der Waals surface area contributed by atoms with Gasteiger partial charge >= 0.3 is 11.9 Å². The van der Waals surface area contributed by atoms with Crippen LogP contribution < -0.4 is 4.74 Å². The maximum Gasteiger partial charge on any atom is 0.316 e. The summed E-state index contributed by atoms with van der Waals surface area (Å²) < 4.78 is 12.0. The Morgan fingerprint density at radius 2 is 1.51 bits per heavy atom. The van der Waals surface area contributed by atoms with E-state index in [4.69, 9.17) is 9.47 Å². The summed E-state index contributed by atoms with van der Waals surface area (Å²) in [6.45, 7) is 4.36. The van der Waals surface area contributed by atoms with E-state index in [9.17, 15) is 9.59 Å². The number of esters is 2. The highest BCUT2D eigenvalue weighted by molar-refractivity contribution is 8.00. The first-order valence-corrected chi connectivity index (χ1v) is 14.9. The van der Waals surface area contributed by atoms with Crippen molar-refractivity contribution in [3.8, 4) is 5.88 Å². The number of carbonyl (C=O) groups is 2. The van der Waals surface area contributed by atoms with Gasteiger partial charge in [-0.05, 0) is 39.0 Å². The van der Waals surface area contributed by atoms with Gasteiger partial charge in [-0.1, -0.05) is 82.2 Å². The van der Waals surface area contributed by atoms with Crippen molar-refractivity contribution in [2.24, 2.45) is 7.05 Å². The summed E-state index contributed by atoms with van der Waals surface area (Å²) in [6.07, 6.45) is 22.3. The van der Waals surface area contributed by atoms with Crippen molar-refractivity contribution >= 4 is 34.7 Å². The molecule has 9 heteroatoms. The summed E-state index contributed by atoms with van der Waals surface area (Å²) in [6, 6.07) is 0. The molecule has 0 aliphatic heterocycles. The number of aryl methyl sites for hydroxylation is 1. The zero-order valence-electron chi connectivity index (χ0n) is 22.9. The third-order valence-corrected chi connectivity index (χ3v) is 6.97. The van der Waals surface area contributed by atoms with Gasteiger partial charge in [0.25, 0.3) is 0 Å². The second-order valence-electron chi connectivity index (χ2n) is 9.21. The lowest BCUT2D eigenvalue weighted by atomic mass is 10.1. The standard InChI is InChI=1S/C28H44N4O4S/c1-4-6-7-8-9-10-11-12-13-14-15-16-17-18-19-20-23(33)36-28-26-25(31-32(28)3)27(30-22-29-26)37-21-24(34)35-5-2/h15-16,22H,4-14,17-21H2,1-3H3. The van der Waals surface area contributed by atoms with Gasteiger partial charge in [0.1, 0.15) is 16.9 Å². The molecule has 206 valence electrons. The van der Waals surface area contributed by atoms with Crippen LogP contribution in [0.4, 0.5) is 0 Å². The van der Waals surface area contributed by atoms with Crippen molar-refractivity contribution in [2.45, 2.75) is 109 Å². The van der Waals surface area contributed by atoms with Crippen LogP contribution in [0, 0.1) is 0 Å². The monoisotopic (exact) mass is 532 g/mol. The van der Waals surface area contributed by atoms with E-state index < -0.39 is 0 Å². The van der Waals surface area contributed by atoms with Gasteiger partial charge in [0.15, 0.2) is 5.52 Å². The van der Waals surface area contributed by atoms with Crippen molar-refractivity contribution < 1.29 is 19.1 Å². The molecule has 0 radical (unpaired) electrons. The molecule has 8 nitrogen and oxygen atoms in total. The predicted octanol–water partition coefficient (Wildman–Crippen LogP) is 6.96. The Balaban J connectivity index is 1.63. The van der Waals surface area contributed by atoms with Crippen LogP contribution >= 0.6 is 11.8 Å². The van der Waals surface area contributed by atoms with Gasteiger partial charge in [-0.25, -0.2) is 14.6 Å². The average molecular weight is 533 g/mol. The first-order chi connectivity index (χ1) is 18.1. The molecule has 0 aliphatic rings. The third kappa shape index (κ3) is 12.1. The number of allylic oxidation sites excluding steroid dienone is 2. The molecular weight excluding hydrogens is 488 g/mol. The molecular formula is C28H44N4O4S. The van der Waals surface area contributed by atoms with Crippen molar-refractivity contribution in [1.29, 1.82) is 0 Å². The second kappa shape index (κ2) is 18.8. The van der Waals surface area contributed by atoms with Gasteiger partial charge in [0, 0.05) is 13.5 Å². The molecule has 2 aromatic heterocycles. The number of hydrogen-bond acceptors (Lipinski definition) is 8. The molecule has 37 heavy (non-hydrogen) atoms. The number of rotatable bonds is 20. The largest absolute Gasteiger partial charge is 0.465 e. The van der Waals surface area contributed by atoms with Gasteiger partial charge in [-0.2, -0.15) is 5.10 Å². The van der Waals surface area contributed by atoms with Gasteiger partial charge < -0.3 is 9.47 Å². The summed E-state index contributed by atoms with van der Waals surface area (Å²) in [5.41, 5.74) is 0.954. The third-order valence-electron chi connectivity index (χ3n) is 6.02. The smallest absolute Gasteiger partial charge is 0.316 e. The highest BCUT2D eigenvalue weighted by atomic mass is 32.2. The van der Waals surface area contributed by atoms with Crippen LogP contribution in [0.2, 0.25) is 0 Å². The quantitative estimate of drug-likeness (QED) is 0.0593. The summed E-state index contributed by atoms with van der Waals surface area (Å²) in [5.74, 6) is -0.205. The Morgan fingerprint density at radius 3 is 2.19 bits per heavy atom. The number of unbranched alkanes of at least 4 members (excludes halogenated alkanes) is 11. The Bertz CT molecular complexity index is 976. The van der Waals surface area contributed by atoms with Crippen LogP contribution in [0.5, 0.6) is 5.88 Å². The lowest BCUT2D eigenvalue weighted by Crippen LogP contribution is -2.10. The van der Waals surface area contributed by atoms with Crippen LogP contribution in [0.15, 0.2) is 23.5 Å². The number of hydrogen-bond donors (Lipinski definition) is 0. The van der Waals surface area contributed by atoms with E-state index in [0.29, 0.717) is 35.0 Å². The molecule has 0 aromatic carbocycles. The Kier molecular flexibility index (Phi) is 15.6. The Morgan fingerprint density at radius 1 is 0.865 bits per heavy atom. The number of ether oxygens (including phenoxy) is 2. The summed E-state index contributed by atoms with van der Waals surface area (Å²) in [4.78, 5) is 32.5. The lowest BCUT2D eigenvalue weighted by Gasteiger charge is -2.04. The molecule has 0 unspecified atom stereocenters. The average Bonchev–Trinajstić information content (AvgIpc) is 3.20. The highest BCUT2D eigenvalue weighted by Crippen LogP contribution is 2.29. The molecule has 2 rings (SSSR count). The molecule has 0 bridgehead atoms. The van der Waals surface area contributed by atoms with E-state index in [0.717, 1.165) is 25.7 Å². The van der Waals surface area contributed by atoms with Crippen molar-refractivity contribution in [1.82, 2.24) is 19.7 Å². The fourth-order valence-corrected chi connectivity index (χ4v) is 4.74. The molecule has 0 spiro atoms. The fraction of sp³-hybridized carbons (Fsp3) is 0.679. The van der Waals surface area contributed by atoms with Crippen LogP contribution in [-0.2, 0) is 21.4 Å². The molecule has 0 saturated carbocycles. The normalized spacial score (nSPS) is 11.4. The van der Waals surface area contributed by atoms with Crippen molar-refractivity contribution in [2.75, 3.05) is 12.4 Å². The van der Waals surface area contributed by atoms with E-state index in [1.807, 2.05) is 0 Å². The first-order valence-electron chi connectivity index (χ1n) is 13.9. The molecule has 0 fully saturated rings. The number of nitrogens with zero attached hydrogens (tertiary/aromatic N) is 4. The SMILES string of the molecule is CCCCCCCCCCCC=CCCCCC(=O)Oc1c2ncnc(SCC(=O)OCC)c2nn1C. The number of fused-ring (bicyclic) bond motifs is 1. The van der Waals surface area contributed by atoms with Gasteiger partial charge in [0.05, 0.1) is 12.4 Å². The maximum absolute atomic E-state index is 12.4. The van der Waals surface area contributed by atoms with Gasteiger partial charge in [0.2, 0.25) is 5.88 Å². The van der Waals surface area contributed by atoms with Crippen LogP contribution in [-0.4, -0.2) is 44.0 Å². The molecule has 2 heterocycles. The number of carbonyl (C=O) groups excluding carboxylic acids is 2. The zero-order valence-corrected chi connectivity index (χ0v) is 23.7. The minimum atomic E-state index is -0.319. The van der Waals surface area contributed by atoms with E-state index in [-0.39, 0.29) is 17.7 Å². The fourth-order valence-electron chi connectivity index (χ4n) is 4.01. The van der Waals surface area contributed by atoms with Gasteiger partial charge in [-0.3, -0.25) is 9.59 Å². The zero-order chi connectivity index (χ0) is 26.7. The Hall–Kier alpha value is -2.42. The molecule has 2 aromatic rings. The molecule has 0 aliphatic carbocycles. The minimum absolute atomic E-state index is 0.124. The molecule has 0 atom stereocenters. The minimum Gasteiger partial charge on any atom is -0.465 e. The highest BCUT2D eigenvalue weighted by Gasteiger charge is 2.19.